The van der Waals surface area contributed by atoms with Crippen molar-refractivity contribution >= 4 is 11.7 Å². The van der Waals surface area contributed by atoms with E-state index in [9.17, 15) is 9.59 Å². The minimum atomic E-state index is -0.909. The molecule has 0 N–H and O–H groups in total. The molecule has 0 saturated carbocycles. The number of rotatable bonds is 9. The predicted octanol–water partition coefficient (Wildman–Crippen LogP) is 5.61. The molecule has 1 aliphatic rings. The van der Waals surface area contributed by atoms with Crippen molar-refractivity contribution in [3.63, 3.8) is 0 Å². The minimum Gasteiger partial charge on any atom is -0.375 e. The molecule has 0 radical (unpaired) electrons. The molecule has 1 amide bonds. The topological polar surface area (TPSA) is 46.6 Å². The Kier molecular flexibility index (Phi) is 6.79. The van der Waals surface area contributed by atoms with Gasteiger partial charge in [0, 0.05) is 0 Å². The smallest absolute Gasteiger partial charge is 0.236 e. The molecule has 36 heavy (non-hydrogen) atoms. The van der Waals surface area contributed by atoms with Crippen LogP contribution in [0.2, 0.25) is 0 Å². The van der Waals surface area contributed by atoms with Gasteiger partial charge in [0.25, 0.3) is 0 Å². The Hall–Kier alpha value is -4.02. The zero-order chi connectivity index (χ0) is 25.0. The standard InChI is InChI=1S/C32H29NO3/c1-24(34)30-29(23-36-22-25-14-6-2-7-15-25)33(31(30)35)32(26-16-8-3-9-17-26,27-18-10-4-11-19-27)28-20-12-5-13-21-28/h2-21,29-30H,22-23H2,1H3/t29-,30+/m0/s1. The van der Waals surface area contributed by atoms with Crippen molar-refractivity contribution < 1.29 is 14.3 Å². The minimum absolute atomic E-state index is 0.132. The van der Waals surface area contributed by atoms with Gasteiger partial charge in [-0.25, -0.2) is 0 Å². The number of nitrogens with zero attached hydrogens (tertiary/aromatic N) is 1. The van der Waals surface area contributed by atoms with E-state index in [4.69, 9.17) is 4.74 Å². The van der Waals surface area contributed by atoms with E-state index >= 15 is 0 Å². The SMILES string of the molecule is CC(=O)[C@H]1C(=O)N(C(c2ccccc2)(c2ccccc2)c2ccccc2)[C@H]1COCc1ccccc1. The lowest BCUT2D eigenvalue weighted by Gasteiger charge is -2.57. The number of β-lactam (4-membered cyclic amide) rings is 1. The fraction of sp³-hybridized carbons (Fsp3) is 0.188. The first-order valence-corrected chi connectivity index (χ1v) is 12.3. The number of likely N-dealkylation sites (tertiary alicyclic amines) is 1. The van der Waals surface area contributed by atoms with E-state index < -0.39 is 17.5 Å². The number of carbonyl (C=O) groups excluding carboxylic acids is 2. The molecule has 4 aromatic rings. The molecular formula is C32H29NO3. The van der Waals surface area contributed by atoms with Gasteiger partial charge in [-0.15, -0.1) is 0 Å². The highest BCUT2D eigenvalue weighted by molar-refractivity contribution is 6.06. The van der Waals surface area contributed by atoms with Crippen molar-refractivity contribution in [3.8, 4) is 0 Å². The summed E-state index contributed by atoms with van der Waals surface area (Å²) in [6.07, 6.45) is 0. The van der Waals surface area contributed by atoms with Crippen LogP contribution >= 0.6 is 0 Å². The molecule has 2 atom stereocenters. The highest BCUT2D eigenvalue weighted by Crippen LogP contribution is 2.49. The van der Waals surface area contributed by atoms with Crippen molar-refractivity contribution in [3.05, 3.63) is 144 Å². The first-order chi connectivity index (χ1) is 17.6. The molecule has 0 aliphatic carbocycles. The molecule has 0 unspecified atom stereocenters. The number of benzene rings is 4. The molecule has 5 rings (SSSR count). The van der Waals surface area contributed by atoms with Gasteiger partial charge in [-0.2, -0.15) is 0 Å². The lowest BCUT2D eigenvalue weighted by atomic mass is 9.69. The Morgan fingerprint density at radius 3 is 1.56 bits per heavy atom. The van der Waals surface area contributed by atoms with E-state index in [1.165, 1.54) is 6.92 Å². The summed E-state index contributed by atoms with van der Waals surface area (Å²) in [7, 11) is 0. The van der Waals surface area contributed by atoms with E-state index in [1.54, 1.807) is 0 Å². The van der Waals surface area contributed by atoms with Gasteiger partial charge in [-0.3, -0.25) is 9.59 Å². The van der Waals surface area contributed by atoms with Crippen LogP contribution in [-0.4, -0.2) is 29.2 Å². The number of hydrogen-bond donors (Lipinski definition) is 0. The van der Waals surface area contributed by atoms with E-state index in [2.05, 4.69) is 36.4 Å². The van der Waals surface area contributed by atoms with Crippen molar-refractivity contribution in [1.29, 1.82) is 0 Å². The van der Waals surface area contributed by atoms with Crippen LogP contribution in [0.3, 0.4) is 0 Å². The third-order valence-electron chi connectivity index (χ3n) is 6.99. The number of ether oxygens (including phenoxy) is 1. The predicted molar refractivity (Wildman–Crippen MR) is 140 cm³/mol. The quantitative estimate of drug-likeness (QED) is 0.180. The summed E-state index contributed by atoms with van der Waals surface area (Å²) in [5.41, 5.74) is 3.03. The molecule has 0 bridgehead atoms. The van der Waals surface area contributed by atoms with Crippen LogP contribution in [0.15, 0.2) is 121 Å². The van der Waals surface area contributed by atoms with Crippen LogP contribution in [0, 0.1) is 5.92 Å². The maximum Gasteiger partial charge on any atom is 0.236 e. The van der Waals surface area contributed by atoms with Crippen molar-refractivity contribution in [1.82, 2.24) is 4.90 Å². The molecular weight excluding hydrogens is 446 g/mol. The van der Waals surface area contributed by atoms with Crippen molar-refractivity contribution in [2.24, 2.45) is 5.92 Å². The largest absolute Gasteiger partial charge is 0.375 e. The number of Topliss-reactive ketones (excluding diaryl/α,β-unsaturated/α-hetero) is 1. The Morgan fingerprint density at radius 2 is 1.14 bits per heavy atom. The van der Waals surface area contributed by atoms with Crippen LogP contribution in [0.25, 0.3) is 0 Å². The summed E-state index contributed by atoms with van der Waals surface area (Å²) in [5, 5.41) is 0. The first kappa shape index (κ1) is 23.7. The summed E-state index contributed by atoms with van der Waals surface area (Å²) >= 11 is 0. The van der Waals surface area contributed by atoms with Gasteiger partial charge in [0.2, 0.25) is 5.91 Å². The van der Waals surface area contributed by atoms with E-state index in [-0.39, 0.29) is 18.3 Å². The Balaban J connectivity index is 1.64. The third kappa shape index (κ3) is 4.14. The van der Waals surface area contributed by atoms with Gasteiger partial charge in [0.1, 0.15) is 17.2 Å². The zero-order valence-electron chi connectivity index (χ0n) is 20.3. The second kappa shape index (κ2) is 10.3. The van der Waals surface area contributed by atoms with Gasteiger partial charge >= 0.3 is 0 Å². The lowest BCUT2D eigenvalue weighted by Crippen LogP contribution is -2.71. The molecule has 4 nitrogen and oxygen atoms in total. The van der Waals surface area contributed by atoms with Gasteiger partial charge in [-0.1, -0.05) is 121 Å². The van der Waals surface area contributed by atoms with Crippen LogP contribution < -0.4 is 0 Å². The van der Waals surface area contributed by atoms with Crippen molar-refractivity contribution in [2.45, 2.75) is 25.1 Å². The normalized spacial score (nSPS) is 17.5. The Bertz CT molecular complexity index is 1210. The van der Waals surface area contributed by atoms with E-state index in [0.717, 1.165) is 22.3 Å². The summed E-state index contributed by atoms with van der Waals surface area (Å²) in [6, 6.07) is 39.7. The van der Waals surface area contributed by atoms with Crippen LogP contribution in [0.4, 0.5) is 0 Å². The fourth-order valence-corrected chi connectivity index (χ4v) is 5.40. The van der Waals surface area contributed by atoms with Gasteiger partial charge in [0.15, 0.2) is 0 Å². The molecule has 0 spiro atoms. The average molecular weight is 476 g/mol. The maximum absolute atomic E-state index is 13.9. The molecule has 1 heterocycles. The molecule has 1 fully saturated rings. The second-order valence-corrected chi connectivity index (χ2v) is 9.17. The molecule has 4 aromatic carbocycles. The first-order valence-electron chi connectivity index (χ1n) is 12.3. The average Bonchev–Trinajstić information content (AvgIpc) is 2.93. The van der Waals surface area contributed by atoms with Gasteiger partial charge in [-0.05, 0) is 29.2 Å². The highest BCUT2D eigenvalue weighted by atomic mass is 16.5. The summed E-state index contributed by atoms with van der Waals surface area (Å²) < 4.78 is 6.14. The van der Waals surface area contributed by atoms with Gasteiger partial charge in [0.05, 0.1) is 19.3 Å². The lowest BCUT2D eigenvalue weighted by molar-refractivity contribution is -0.173. The van der Waals surface area contributed by atoms with E-state index in [0.29, 0.717) is 6.61 Å². The molecule has 180 valence electrons. The third-order valence-corrected chi connectivity index (χ3v) is 6.99. The maximum atomic E-state index is 13.9. The number of ketones is 1. The van der Waals surface area contributed by atoms with Crippen LogP contribution in [0.1, 0.15) is 29.2 Å². The summed E-state index contributed by atoms with van der Waals surface area (Å²) in [5.74, 6) is -1.03. The molecule has 4 heteroatoms. The van der Waals surface area contributed by atoms with Crippen LogP contribution in [-0.2, 0) is 26.5 Å². The van der Waals surface area contributed by atoms with Crippen LogP contribution in [0.5, 0.6) is 0 Å². The van der Waals surface area contributed by atoms with E-state index in [1.807, 2.05) is 89.8 Å². The zero-order valence-corrected chi connectivity index (χ0v) is 20.3. The number of hydrogen-bond acceptors (Lipinski definition) is 3. The summed E-state index contributed by atoms with van der Waals surface area (Å²) in [4.78, 5) is 28.4. The molecule has 1 aliphatic heterocycles. The van der Waals surface area contributed by atoms with Gasteiger partial charge < -0.3 is 9.64 Å². The number of amides is 1. The number of carbonyl (C=O) groups is 2. The monoisotopic (exact) mass is 475 g/mol. The second-order valence-electron chi connectivity index (χ2n) is 9.17. The highest BCUT2D eigenvalue weighted by Gasteiger charge is 2.59. The molecule has 0 aromatic heterocycles. The summed E-state index contributed by atoms with van der Waals surface area (Å²) in [6.45, 7) is 2.18. The molecule has 1 saturated heterocycles. The Morgan fingerprint density at radius 1 is 0.722 bits per heavy atom. The fourth-order valence-electron chi connectivity index (χ4n) is 5.40. The van der Waals surface area contributed by atoms with Crippen molar-refractivity contribution in [2.75, 3.05) is 6.61 Å². The Labute approximate surface area is 212 Å².